The highest BCUT2D eigenvalue weighted by Crippen LogP contribution is 2.45. The van der Waals surface area contributed by atoms with Gasteiger partial charge in [-0.15, -0.1) is 0 Å². The number of aliphatic hydroxyl groups excluding tert-OH is 1. The van der Waals surface area contributed by atoms with Crippen LogP contribution in [-0.2, 0) is 65.4 Å². The number of carbonyl (C=O) groups excluding carboxylic acids is 4. The lowest BCUT2D eigenvalue weighted by Crippen LogP contribution is -2.30. The maximum Gasteiger partial charge on any atom is 0.472 e. The van der Waals surface area contributed by atoms with Gasteiger partial charge in [0.25, 0.3) is 0 Å². The van der Waals surface area contributed by atoms with Crippen LogP contribution in [0.4, 0.5) is 0 Å². The van der Waals surface area contributed by atoms with E-state index in [1.165, 1.54) is 109 Å². The first kappa shape index (κ1) is 79.1. The molecular weight excluding hydrogens is 1080 g/mol. The zero-order valence-corrected chi connectivity index (χ0v) is 53.9. The van der Waals surface area contributed by atoms with E-state index in [2.05, 4.69) is 41.5 Å². The van der Waals surface area contributed by atoms with Crippen molar-refractivity contribution in [1.82, 2.24) is 0 Å². The van der Waals surface area contributed by atoms with E-state index in [1.807, 2.05) is 0 Å². The molecule has 480 valence electrons. The van der Waals surface area contributed by atoms with Crippen LogP contribution in [0.3, 0.4) is 0 Å². The third kappa shape index (κ3) is 56.9. The molecule has 0 aliphatic rings. The quantitative estimate of drug-likeness (QED) is 0.0222. The summed E-state index contributed by atoms with van der Waals surface area (Å²) in [4.78, 5) is 71.8. The fraction of sp³-hybridized carbons (Fsp3) is 0.935. The van der Waals surface area contributed by atoms with Gasteiger partial charge in [0.1, 0.15) is 19.3 Å². The van der Waals surface area contributed by atoms with Crippen molar-refractivity contribution in [1.29, 1.82) is 0 Å². The number of carbonyl (C=O) groups is 4. The number of ether oxygens (including phenoxy) is 4. The first-order valence-electron chi connectivity index (χ1n) is 32.5. The van der Waals surface area contributed by atoms with Crippen molar-refractivity contribution < 1.29 is 80.2 Å². The monoisotopic (exact) mass is 1200 g/mol. The van der Waals surface area contributed by atoms with E-state index in [-0.39, 0.29) is 25.7 Å². The van der Waals surface area contributed by atoms with E-state index < -0.39 is 97.5 Å². The molecule has 0 aromatic rings. The molecule has 0 radical (unpaired) electrons. The molecule has 17 nitrogen and oxygen atoms in total. The van der Waals surface area contributed by atoms with Gasteiger partial charge < -0.3 is 33.8 Å². The average Bonchev–Trinajstić information content (AvgIpc) is 3.42. The van der Waals surface area contributed by atoms with E-state index in [1.54, 1.807) is 0 Å². The van der Waals surface area contributed by atoms with Crippen molar-refractivity contribution in [3.05, 3.63) is 0 Å². The molecule has 81 heavy (non-hydrogen) atoms. The lowest BCUT2D eigenvalue weighted by atomic mass is 10.0. The molecule has 0 amide bonds. The van der Waals surface area contributed by atoms with Gasteiger partial charge in [-0.25, -0.2) is 9.13 Å². The van der Waals surface area contributed by atoms with E-state index >= 15 is 0 Å². The Morgan fingerprint density at radius 2 is 0.568 bits per heavy atom. The first-order chi connectivity index (χ1) is 38.9. The highest BCUT2D eigenvalue weighted by atomic mass is 31.2. The lowest BCUT2D eigenvalue weighted by molar-refractivity contribution is -0.161. The molecule has 0 heterocycles. The molecular formula is C62H120O17P2. The topological polar surface area (TPSA) is 237 Å². The molecule has 0 saturated heterocycles. The van der Waals surface area contributed by atoms with Crippen molar-refractivity contribution >= 4 is 39.5 Å². The number of esters is 4. The molecule has 0 aliphatic heterocycles. The summed E-state index contributed by atoms with van der Waals surface area (Å²) >= 11 is 0. The molecule has 0 spiro atoms. The van der Waals surface area contributed by atoms with Gasteiger partial charge >= 0.3 is 39.5 Å². The third-order valence-corrected chi connectivity index (χ3v) is 16.1. The maximum atomic E-state index is 13.0. The highest BCUT2D eigenvalue weighted by Gasteiger charge is 2.30. The lowest BCUT2D eigenvalue weighted by Gasteiger charge is -2.21. The van der Waals surface area contributed by atoms with Gasteiger partial charge in [-0.2, -0.15) is 0 Å². The second kappa shape index (κ2) is 54.7. The van der Waals surface area contributed by atoms with E-state index in [0.717, 1.165) is 115 Å². The van der Waals surface area contributed by atoms with Crippen molar-refractivity contribution in [3.63, 3.8) is 0 Å². The second-order valence-corrected chi connectivity index (χ2v) is 26.3. The number of unbranched alkanes of at least 4 members (excludes halogenated alkanes) is 31. The summed E-state index contributed by atoms with van der Waals surface area (Å²) in [5.74, 6) is -0.629. The minimum Gasteiger partial charge on any atom is -0.462 e. The number of rotatable bonds is 61. The number of phosphoric ester groups is 2. The highest BCUT2D eigenvalue weighted by molar-refractivity contribution is 7.47. The molecule has 19 heteroatoms. The van der Waals surface area contributed by atoms with Gasteiger partial charge in [0.05, 0.1) is 26.4 Å². The van der Waals surface area contributed by atoms with Crippen LogP contribution in [0.15, 0.2) is 0 Å². The smallest absolute Gasteiger partial charge is 0.462 e. The number of phosphoric acid groups is 2. The number of aliphatic hydroxyl groups is 1. The number of hydrogen-bond donors (Lipinski definition) is 3. The predicted molar refractivity (Wildman–Crippen MR) is 321 cm³/mol. The Kier molecular flexibility index (Phi) is 53.4. The zero-order chi connectivity index (χ0) is 60.1. The molecule has 0 bridgehead atoms. The Morgan fingerprint density at radius 3 is 0.840 bits per heavy atom. The maximum absolute atomic E-state index is 13.0. The second-order valence-electron chi connectivity index (χ2n) is 23.4. The largest absolute Gasteiger partial charge is 0.472 e. The first-order valence-corrected chi connectivity index (χ1v) is 35.5. The predicted octanol–water partition coefficient (Wildman–Crippen LogP) is 16.9. The van der Waals surface area contributed by atoms with Gasteiger partial charge in [0, 0.05) is 25.7 Å². The molecule has 0 aliphatic carbocycles. The molecule has 0 aromatic carbocycles. The van der Waals surface area contributed by atoms with Crippen molar-refractivity contribution in [2.24, 2.45) is 11.8 Å². The van der Waals surface area contributed by atoms with Crippen LogP contribution in [0, 0.1) is 11.8 Å². The molecule has 2 unspecified atom stereocenters. The Balaban J connectivity index is 5.14. The van der Waals surface area contributed by atoms with Crippen LogP contribution < -0.4 is 0 Å². The zero-order valence-electron chi connectivity index (χ0n) is 52.1. The van der Waals surface area contributed by atoms with Crippen LogP contribution in [0.1, 0.15) is 305 Å². The van der Waals surface area contributed by atoms with Crippen LogP contribution >= 0.6 is 15.6 Å². The Morgan fingerprint density at radius 1 is 0.333 bits per heavy atom. The van der Waals surface area contributed by atoms with Crippen LogP contribution in [-0.4, -0.2) is 96.7 Å². The van der Waals surface area contributed by atoms with E-state index in [9.17, 15) is 43.2 Å². The molecule has 0 rings (SSSR count). The fourth-order valence-electron chi connectivity index (χ4n) is 9.18. The van der Waals surface area contributed by atoms with E-state index in [4.69, 9.17) is 37.0 Å². The Labute approximate surface area is 492 Å². The van der Waals surface area contributed by atoms with Gasteiger partial charge in [-0.1, -0.05) is 253 Å². The van der Waals surface area contributed by atoms with E-state index in [0.29, 0.717) is 25.7 Å². The van der Waals surface area contributed by atoms with Gasteiger partial charge in [-0.05, 0) is 37.5 Å². The van der Waals surface area contributed by atoms with Crippen molar-refractivity contribution in [3.8, 4) is 0 Å². The average molecular weight is 1200 g/mol. The Hall–Kier alpha value is -1.94. The minimum absolute atomic E-state index is 0.104. The molecule has 0 fully saturated rings. The normalized spacial score (nSPS) is 14.4. The molecule has 3 N–H and O–H groups in total. The van der Waals surface area contributed by atoms with Crippen molar-refractivity contribution in [2.45, 2.75) is 323 Å². The van der Waals surface area contributed by atoms with Crippen LogP contribution in [0.2, 0.25) is 0 Å². The summed E-state index contributed by atoms with van der Waals surface area (Å²) in [6.45, 7) is 9.35. The summed E-state index contributed by atoms with van der Waals surface area (Å²) in [5, 5.41) is 10.5. The van der Waals surface area contributed by atoms with Crippen molar-refractivity contribution in [2.75, 3.05) is 39.6 Å². The standard InChI is InChI=1S/C62H120O17P2/c1-7-9-11-13-14-27-34-40-46-61(66)78-57(50-72-59(64)44-38-30-12-10-8-2)52-76-80(68,69)74-48-56(63)49-75-81(70,71)77-53-58(51-73-60(65)45-39-33-28-24-23-26-32-37-43-55(5)6)79-62(67)47-41-35-29-22-20-18-16-15-17-19-21-25-31-36-42-54(3)4/h54-58,63H,7-53H2,1-6H3,(H,68,69)(H,70,71)/t56-,57+,58+/m0/s1. The summed E-state index contributed by atoms with van der Waals surface area (Å²) in [7, 11) is -9.87. The summed E-state index contributed by atoms with van der Waals surface area (Å²) < 4.78 is 67.6. The Bertz CT molecular complexity index is 1600. The third-order valence-electron chi connectivity index (χ3n) is 14.2. The summed E-state index contributed by atoms with van der Waals surface area (Å²) in [6, 6.07) is 0. The molecule has 0 aromatic heterocycles. The minimum atomic E-state index is -4.94. The summed E-state index contributed by atoms with van der Waals surface area (Å²) in [6.07, 6.45) is 36.7. The van der Waals surface area contributed by atoms with Gasteiger partial charge in [0.15, 0.2) is 12.2 Å². The summed E-state index contributed by atoms with van der Waals surface area (Å²) in [5.41, 5.74) is 0. The van der Waals surface area contributed by atoms with Gasteiger partial charge in [-0.3, -0.25) is 37.3 Å². The van der Waals surface area contributed by atoms with Gasteiger partial charge in [0.2, 0.25) is 0 Å². The van der Waals surface area contributed by atoms with Crippen LogP contribution in [0.25, 0.3) is 0 Å². The van der Waals surface area contributed by atoms with Crippen LogP contribution in [0.5, 0.6) is 0 Å². The molecule has 0 saturated carbocycles. The number of hydrogen-bond acceptors (Lipinski definition) is 15. The SMILES string of the molecule is CCCCCCCCCCC(=O)O[C@H](COC(=O)CCCCCCC)COP(=O)(O)OC[C@H](O)COP(=O)(O)OC[C@@H](COC(=O)CCCCCCCCCCC(C)C)OC(=O)CCCCCCCCCCCCCCCCC(C)C. The fourth-order valence-corrected chi connectivity index (χ4v) is 10.8. The molecule has 5 atom stereocenters.